The fourth-order valence-corrected chi connectivity index (χ4v) is 1.92. The van der Waals surface area contributed by atoms with Crippen LogP contribution in [-0.4, -0.2) is 20.8 Å². The van der Waals surface area contributed by atoms with Crippen LogP contribution in [0.5, 0.6) is 0 Å². The first-order valence-corrected chi connectivity index (χ1v) is 5.79. The molecule has 2 rings (SSSR count). The van der Waals surface area contributed by atoms with Crippen molar-refractivity contribution in [2.75, 3.05) is 5.32 Å². The molecular formula is C9H5ClN4O3S. The Hall–Kier alpha value is -2.06. The summed E-state index contributed by atoms with van der Waals surface area (Å²) in [6.45, 7) is 0. The van der Waals surface area contributed by atoms with E-state index in [1.165, 1.54) is 24.5 Å². The van der Waals surface area contributed by atoms with Crippen molar-refractivity contribution in [3.63, 3.8) is 0 Å². The number of carbonyl (C=O) groups excluding carboxylic acids is 1. The predicted octanol–water partition coefficient (Wildman–Crippen LogP) is 2.35. The van der Waals surface area contributed by atoms with Crippen LogP contribution in [0, 0.1) is 10.1 Å². The molecule has 2 aromatic rings. The van der Waals surface area contributed by atoms with Gasteiger partial charge in [0.15, 0.2) is 5.82 Å². The van der Waals surface area contributed by atoms with E-state index in [9.17, 15) is 14.9 Å². The number of hydrogen-bond donors (Lipinski definition) is 1. The lowest BCUT2D eigenvalue weighted by Crippen LogP contribution is -2.11. The number of amides is 1. The maximum Gasteiger partial charge on any atom is 0.324 e. The zero-order valence-corrected chi connectivity index (χ0v) is 10.2. The summed E-state index contributed by atoms with van der Waals surface area (Å²) in [5, 5.41) is 13.0. The maximum atomic E-state index is 11.7. The second-order valence-corrected chi connectivity index (χ2v) is 4.52. The minimum Gasteiger partial charge on any atom is -0.305 e. The average Bonchev–Trinajstić information content (AvgIpc) is 2.81. The monoisotopic (exact) mass is 284 g/mol. The Labute approximate surface area is 110 Å². The van der Waals surface area contributed by atoms with Crippen LogP contribution in [0.4, 0.5) is 10.8 Å². The Balaban J connectivity index is 2.11. The zero-order chi connectivity index (χ0) is 13.1. The van der Waals surface area contributed by atoms with Crippen LogP contribution < -0.4 is 5.32 Å². The molecule has 0 spiro atoms. The van der Waals surface area contributed by atoms with Gasteiger partial charge in [0.25, 0.3) is 5.91 Å². The van der Waals surface area contributed by atoms with Crippen molar-refractivity contribution in [2.45, 2.75) is 0 Å². The van der Waals surface area contributed by atoms with Crippen molar-refractivity contribution in [3.8, 4) is 0 Å². The van der Waals surface area contributed by atoms with E-state index in [2.05, 4.69) is 15.3 Å². The van der Waals surface area contributed by atoms with Gasteiger partial charge in [0.1, 0.15) is 5.15 Å². The molecule has 0 aromatic carbocycles. The summed E-state index contributed by atoms with van der Waals surface area (Å²) in [6, 6.07) is 2.65. The number of anilines is 1. The Morgan fingerprint density at radius 1 is 1.39 bits per heavy atom. The molecule has 0 atom stereocenters. The number of nitrogens with one attached hydrogen (secondary N) is 1. The highest BCUT2D eigenvalue weighted by molar-refractivity contribution is 7.17. The van der Waals surface area contributed by atoms with Gasteiger partial charge in [-0.1, -0.05) is 22.9 Å². The van der Waals surface area contributed by atoms with Crippen LogP contribution in [0.1, 0.15) is 9.67 Å². The quantitative estimate of drug-likeness (QED) is 0.689. The molecule has 0 bridgehead atoms. The molecule has 18 heavy (non-hydrogen) atoms. The molecule has 9 heteroatoms. The Bertz CT molecular complexity index is 598. The lowest BCUT2D eigenvalue weighted by Gasteiger charge is -2.00. The summed E-state index contributed by atoms with van der Waals surface area (Å²) in [4.78, 5) is 29.4. The van der Waals surface area contributed by atoms with Gasteiger partial charge >= 0.3 is 5.00 Å². The van der Waals surface area contributed by atoms with Gasteiger partial charge in [-0.25, -0.2) is 9.97 Å². The lowest BCUT2D eigenvalue weighted by molar-refractivity contribution is -0.380. The molecule has 0 radical (unpaired) electrons. The third-order valence-corrected chi connectivity index (χ3v) is 3.09. The first-order valence-electron chi connectivity index (χ1n) is 4.59. The van der Waals surface area contributed by atoms with E-state index in [1.807, 2.05) is 0 Å². The molecule has 92 valence electrons. The van der Waals surface area contributed by atoms with Gasteiger partial charge < -0.3 is 5.32 Å². The van der Waals surface area contributed by atoms with Crippen LogP contribution in [0.25, 0.3) is 0 Å². The fourth-order valence-electron chi connectivity index (χ4n) is 1.10. The second-order valence-electron chi connectivity index (χ2n) is 3.07. The van der Waals surface area contributed by atoms with Crippen LogP contribution in [0.15, 0.2) is 24.5 Å². The Morgan fingerprint density at radius 3 is 2.72 bits per heavy atom. The van der Waals surface area contributed by atoms with E-state index in [4.69, 9.17) is 11.6 Å². The van der Waals surface area contributed by atoms with Gasteiger partial charge in [-0.2, -0.15) is 0 Å². The van der Waals surface area contributed by atoms with Crippen LogP contribution in [0.3, 0.4) is 0 Å². The van der Waals surface area contributed by atoms with Gasteiger partial charge in [0.2, 0.25) is 0 Å². The molecule has 0 saturated heterocycles. The first-order chi connectivity index (χ1) is 8.56. The molecule has 2 heterocycles. The minimum absolute atomic E-state index is 0.0951. The molecule has 2 aromatic heterocycles. The second kappa shape index (κ2) is 5.07. The van der Waals surface area contributed by atoms with Gasteiger partial charge in [0.05, 0.1) is 22.2 Å². The number of halogens is 1. The minimum atomic E-state index is -0.552. The third kappa shape index (κ3) is 2.79. The Morgan fingerprint density at radius 2 is 2.17 bits per heavy atom. The van der Waals surface area contributed by atoms with E-state index in [-0.39, 0.29) is 20.8 Å². The standard InChI is InChI=1S/C9H5ClN4O3S/c10-6-3-12-7(4-11-6)13-9(15)5-1-2-8(18-5)14(16)17/h1-4H,(H,12,13,15). The van der Waals surface area contributed by atoms with E-state index in [0.29, 0.717) is 0 Å². The smallest absolute Gasteiger partial charge is 0.305 e. The van der Waals surface area contributed by atoms with Crippen LogP contribution in [-0.2, 0) is 0 Å². The van der Waals surface area contributed by atoms with Gasteiger partial charge in [-0.05, 0) is 6.07 Å². The third-order valence-electron chi connectivity index (χ3n) is 1.86. The SMILES string of the molecule is O=C(Nc1cnc(Cl)cn1)c1ccc([N+](=O)[O-])s1. The molecule has 0 fully saturated rings. The van der Waals surface area contributed by atoms with Gasteiger partial charge in [0, 0.05) is 6.07 Å². The Kier molecular flexibility index (Phi) is 3.49. The average molecular weight is 285 g/mol. The zero-order valence-electron chi connectivity index (χ0n) is 8.66. The largest absolute Gasteiger partial charge is 0.324 e. The molecule has 0 unspecified atom stereocenters. The van der Waals surface area contributed by atoms with Crippen molar-refractivity contribution in [2.24, 2.45) is 0 Å². The summed E-state index contributed by atoms with van der Waals surface area (Å²) in [5.41, 5.74) is 0. The summed E-state index contributed by atoms with van der Waals surface area (Å²) < 4.78 is 0. The van der Waals surface area contributed by atoms with Gasteiger partial charge in [-0.3, -0.25) is 14.9 Å². The molecule has 0 saturated carbocycles. The molecule has 1 N–H and O–H groups in total. The lowest BCUT2D eigenvalue weighted by atomic mass is 10.4. The van der Waals surface area contributed by atoms with Crippen molar-refractivity contribution < 1.29 is 9.72 Å². The maximum absolute atomic E-state index is 11.7. The number of thiophene rings is 1. The van der Waals surface area contributed by atoms with E-state index >= 15 is 0 Å². The summed E-state index contributed by atoms with van der Waals surface area (Å²) in [7, 11) is 0. The van der Waals surface area contributed by atoms with Crippen molar-refractivity contribution in [1.82, 2.24) is 9.97 Å². The number of nitro groups is 1. The molecule has 7 nitrogen and oxygen atoms in total. The summed E-state index contributed by atoms with van der Waals surface area (Å²) in [5.74, 6) is -0.259. The van der Waals surface area contributed by atoms with E-state index in [1.54, 1.807) is 0 Å². The fraction of sp³-hybridized carbons (Fsp3) is 0. The molecule has 0 aliphatic rings. The van der Waals surface area contributed by atoms with E-state index < -0.39 is 10.8 Å². The topological polar surface area (TPSA) is 98.0 Å². The number of rotatable bonds is 3. The predicted molar refractivity (Wildman–Crippen MR) is 66.0 cm³/mol. The molecule has 1 amide bonds. The summed E-state index contributed by atoms with van der Waals surface area (Å²) >= 11 is 6.33. The molecule has 0 aliphatic heterocycles. The normalized spacial score (nSPS) is 10.1. The number of hydrogen-bond acceptors (Lipinski definition) is 6. The highest BCUT2D eigenvalue weighted by Crippen LogP contribution is 2.24. The van der Waals surface area contributed by atoms with Crippen molar-refractivity contribution in [3.05, 3.63) is 44.7 Å². The van der Waals surface area contributed by atoms with E-state index in [0.717, 1.165) is 11.3 Å². The number of nitrogens with zero attached hydrogens (tertiary/aromatic N) is 3. The van der Waals surface area contributed by atoms with Crippen molar-refractivity contribution in [1.29, 1.82) is 0 Å². The van der Waals surface area contributed by atoms with Crippen LogP contribution in [0.2, 0.25) is 5.15 Å². The number of aromatic nitrogens is 2. The van der Waals surface area contributed by atoms with Gasteiger partial charge in [-0.15, -0.1) is 0 Å². The molecule has 0 aliphatic carbocycles. The molecular weight excluding hydrogens is 280 g/mol. The highest BCUT2D eigenvalue weighted by Gasteiger charge is 2.15. The van der Waals surface area contributed by atoms with Crippen LogP contribution >= 0.6 is 22.9 Å². The number of carbonyl (C=O) groups is 1. The first kappa shape index (κ1) is 12.4. The van der Waals surface area contributed by atoms with Crippen molar-refractivity contribution >= 4 is 39.7 Å². The summed E-state index contributed by atoms with van der Waals surface area (Å²) in [6.07, 6.45) is 2.58. The highest BCUT2D eigenvalue weighted by atomic mass is 35.5.